The third kappa shape index (κ3) is 4.93. The van der Waals surface area contributed by atoms with E-state index in [0.717, 1.165) is 5.56 Å². The summed E-state index contributed by atoms with van der Waals surface area (Å²) in [6.45, 7) is 7.29. The third-order valence-corrected chi connectivity index (χ3v) is 5.17. The van der Waals surface area contributed by atoms with Crippen LogP contribution in [0.2, 0.25) is 0 Å². The van der Waals surface area contributed by atoms with Gasteiger partial charge in [-0.25, -0.2) is 13.1 Å². The monoisotopic (exact) mass is 284 g/mol. The van der Waals surface area contributed by atoms with Gasteiger partial charge in [0.1, 0.15) is 0 Å². The molecule has 19 heavy (non-hydrogen) atoms. The van der Waals surface area contributed by atoms with Gasteiger partial charge in [-0.2, -0.15) is 0 Å². The van der Waals surface area contributed by atoms with Crippen molar-refractivity contribution >= 4 is 10.0 Å². The molecule has 1 rings (SSSR count). The topological polar surface area (TPSA) is 72.2 Å². The molecule has 2 unspecified atom stereocenters. The maximum absolute atomic E-state index is 12.2. The van der Waals surface area contributed by atoms with E-state index in [1.54, 1.807) is 20.8 Å². The van der Waals surface area contributed by atoms with Gasteiger partial charge in [-0.05, 0) is 32.3 Å². The minimum Gasteiger partial charge on any atom is -0.326 e. The lowest BCUT2D eigenvalue weighted by molar-refractivity contribution is 0.387. The van der Waals surface area contributed by atoms with Crippen molar-refractivity contribution in [3.63, 3.8) is 0 Å². The minimum absolute atomic E-state index is 0.0532. The Morgan fingerprint density at radius 3 is 2.21 bits per heavy atom. The number of hydrogen-bond acceptors (Lipinski definition) is 3. The van der Waals surface area contributed by atoms with Gasteiger partial charge in [0, 0.05) is 11.6 Å². The third-order valence-electron chi connectivity index (χ3n) is 3.39. The number of benzene rings is 1. The van der Waals surface area contributed by atoms with Gasteiger partial charge in [0.05, 0.1) is 5.75 Å². The molecule has 0 aliphatic rings. The van der Waals surface area contributed by atoms with Gasteiger partial charge in [-0.3, -0.25) is 0 Å². The maximum Gasteiger partial charge on any atom is 0.212 e. The van der Waals surface area contributed by atoms with Crippen LogP contribution in [0.25, 0.3) is 0 Å². The highest BCUT2D eigenvalue weighted by Crippen LogP contribution is 2.18. The molecule has 4 nitrogen and oxygen atoms in total. The smallest absolute Gasteiger partial charge is 0.212 e. The second-order valence-corrected chi connectivity index (χ2v) is 7.47. The van der Waals surface area contributed by atoms with Crippen molar-refractivity contribution in [1.29, 1.82) is 0 Å². The summed E-state index contributed by atoms with van der Waals surface area (Å²) in [5, 5.41) is 0. The zero-order chi connectivity index (χ0) is 14.7. The lowest BCUT2D eigenvalue weighted by Gasteiger charge is -2.30. The number of nitrogens with one attached hydrogen (secondary N) is 1. The van der Waals surface area contributed by atoms with Crippen LogP contribution in [-0.2, 0) is 10.0 Å². The van der Waals surface area contributed by atoms with Crippen molar-refractivity contribution in [3.05, 3.63) is 35.9 Å². The molecule has 0 aliphatic heterocycles. The molecule has 0 radical (unpaired) electrons. The Labute approximate surface area is 116 Å². The fraction of sp³-hybridized carbons (Fsp3) is 0.571. The summed E-state index contributed by atoms with van der Waals surface area (Å²) in [4.78, 5) is 0. The molecule has 3 N–H and O–H groups in total. The van der Waals surface area contributed by atoms with E-state index >= 15 is 0 Å². The molecule has 0 heterocycles. The molecule has 0 bridgehead atoms. The molecule has 0 saturated carbocycles. The molecule has 0 spiro atoms. The first-order valence-corrected chi connectivity index (χ1v) is 8.11. The molecule has 0 saturated heterocycles. The summed E-state index contributed by atoms with van der Waals surface area (Å²) in [5.74, 6) is 0.00950. The van der Waals surface area contributed by atoms with Gasteiger partial charge < -0.3 is 5.73 Å². The molecule has 0 amide bonds. The first kappa shape index (κ1) is 16.1. The Morgan fingerprint density at radius 1 is 1.21 bits per heavy atom. The second kappa shape index (κ2) is 6.03. The Bertz CT molecular complexity index is 495. The molecule has 108 valence electrons. The van der Waals surface area contributed by atoms with Crippen molar-refractivity contribution in [2.24, 2.45) is 5.73 Å². The highest BCUT2D eigenvalue weighted by molar-refractivity contribution is 7.89. The number of rotatable bonds is 6. The molecule has 1 aromatic rings. The highest BCUT2D eigenvalue weighted by atomic mass is 32.2. The van der Waals surface area contributed by atoms with Crippen LogP contribution in [0, 0.1) is 0 Å². The average Bonchev–Trinajstić information content (AvgIpc) is 2.27. The SMILES string of the molecule is CC(CS(=O)(=O)NC(C)(C)C(C)N)c1ccccc1. The van der Waals surface area contributed by atoms with Crippen molar-refractivity contribution < 1.29 is 8.42 Å². The normalized spacial score (nSPS) is 16.1. The van der Waals surface area contributed by atoms with Gasteiger partial charge in [0.15, 0.2) is 0 Å². The predicted molar refractivity (Wildman–Crippen MR) is 79.5 cm³/mol. The zero-order valence-corrected chi connectivity index (χ0v) is 12.9. The summed E-state index contributed by atoms with van der Waals surface area (Å²) in [5.41, 5.74) is 6.17. The lowest BCUT2D eigenvalue weighted by Crippen LogP contribution is -2.55. The largest absolute Gasteiger partial charge is 0.326 e. The number of sulfonamides is 1. The Balaban J connectivity index is 2.76. The molecule has 0 fully saturated rings. The molecule has 1 aromatic carbocycles. The summed E-state index contributed by atoms with van der Waals surface area (Å²) in [6.07, 6.45) is 0. The summed E-state index contributed by atoms with van der Waals surface area (Å²) >= 11 is 0. The zero-order valence-electron chi connectivity index (χ0n) is 12.1. The van der Waals surface area contributed by atoms with Crippen molar-refractivity contribution in [1.82, 2.24) is 4.72 Å². The molecule has 0 aromatic heterocycles. The van der Waals surface area contributed by atoms with Crippen LogP contribution in [0.5, 0.6) is 0 Å². The van der Waals surface area contributed by atoms with Crippen molar-refractivity contribution in [2.45, 2.75) is 45.2 Å². The van der Waals surface area contributed by atoms with Gasteiger partial charge in [0.25, 0.3) is 0 Å². The molecule has 0 aliphatic carbocycles. The van der Waals surface area contributed by atoms with E-state index in [9.17, 15) is 8.42 Å². The van der Waals surface area contributed by atoms with Crippen LogP contribution in [0.15, 0.2) is 30.3 Å². The summed E-state index contributed by atoms with van der Waals surface area (Å²) in [7, 11) is -3.36. The molecular weight excluding hydrogens is 260 g/mol. The Kier molecular flexibility index (Phi) is 5.12. The minimum atomic E-state index is -3.36. The Morgan fingerprint density at radius 2 is 1.74 bits per heavy atom. The van der Waals surface area contributed by atoms with Crippen LogP contribution in [-0.4, -0.2) is 25.8 Å². The predicted octanol–water partition coefficient (Wildman–Crippen LogP) is 1.84. The molecule has 2 atom stereocenters. The number of hydrogen-bond donors (Lipinski definition) is 2. The van der Waals surface area contributed by atoms with E-state index in [2.05, 4.69) is 4.72 Å². The maximum atomic E-state index is 12.2. The average molecular weight is 284 g/mol. The first-order chi connectivity index (χ1) is 8.64. The van der Waals surface area contributed by atoms with E-state index in [0.29, 0.717) is 0 Å². The van der Waals surface area contributed by atoms with Crippen LogP contribution < -0.4 is 10.5 Å². The van der Waals surface area contributed by atoms with Crippen LogP contribution >= 0.6 is 0 Å². The van der Waals surface area contributed by atoms with Gasteiger partial charge in [-0.15, -0.1) is 0 Å². The first-order valence-electron chi connectivity index (χ1n) is 6.46. The van der Waals surface area contributed by atoms with E-state index in [1.165, 1.54) is 0 Å². The van der Waals surface area contributed by atoms with Crippen LogP contribution in [0.1, 0.15) is 39.2 Å². The van der Waals surface area contributed by atoms with Crippen LogP contribution in [0.4, 0.5) is 0 Å². The fourth-order valence-electron chi connectivity index (χ4n) is 1.74. The quantitative estimate of drug-likeness (QED) is 0.837. The number of nitrogens with two attached hydrogens (primary N) is 1. The highest BCUT2D eigenvalue weighted by Gasteiger charge is 2.29. The molecular formula is C14H24N2O2S. The van der Waals surface area contributed by atoms with E-state index in [4.69, 9.17) is 5.73 Å². The second-order valence-electron chi connectivity index (χ2n) is 5.71. The standard InChI is InChI=1S/C14H24N2O2S/c1-11(13-8-6-5-7-9-13)10-19(17,18)16-14(3,4)12(2)15/h5-9,11-12,16H,10,15H2,1-4H3. The van der Waals surface area contributed by atoms with Crippen molar-refractivity contribution in [3.8, 4) is 0 Å². The van der Waals surface area contributed by atoms with E-state index in [1.807, 2.05) is 37.3 Å². The fourth-order valence-corrected chi connectivity index (χ4v) is 3.66. The van der Waals surface area contributed by atoms with Gasteiger partial charge in [-0.1, -0.05) is 37.3 Å². The van der Waals surface area contributed by atoms with Crippen molar-refractivity contribution in [2.75, 3.05) is 5.75 Å². The van der Waals surface area contributed by atoms with E-state index < -0.39 is 15.6 Å². The molecule has 5 heteroatoms. The van der Waals surface area contributed by atoms with Gasteiger partial charge in [0.2, 0.25) is 10.0 Å². The summed E-state index contributed by atoms with van der Waals surface area (Å²) in [6, 6.07) is 9.38. The Hall–Kier alpha value is -0.910. The van der Waals surface area contributed by atoms with Crippen LogP contribution in [0.3, 0.4) is 0 Å². The summed E-state index contributed by atoms with van der Waals surface area (Å²) < 4.78 is 27.0. The van der Waals surface area contributed by atoms with Gasteiger partial charge >= 0.3 is 0 Å². The lowest BCUT2D eigenvalue weighted by atomic mass is 9.99. The van der Waals surface area contributed by atoms with E-state index in [-0.39, 0.29) is 17.7 Å².